The van der Waals surface area contributed by atoms with E-state index in [1.54, 1.807) is 29.2 Å². The van der Waals surface area contributed by atoms with Gasteiger partial charge in [0.1, 0.15) is 11.9 Å². The van der Waals surface area contributed by atoms with Crippen molar-refractivity contribution in [3.05, 3.63) is 65.7 Å². The highest BCUT2D eigenvalue weighted by atomic mass is 16.2. The highest BCUT2D eigenvalue weighted by Crippen LogP contribution is 2.24. The SMILES string of the molecule is Cc1cc(N2CCN(C(=O)CC3NC(=O)c4ccccc4NC3=O)CC2)nc2ccccc12. The Morgan fingerprint density at radius 3 is 2.58 bits per heavy atom. The summed E-state index contributed by atoms with van der Waals surface area (Å²) in [5, 5.41) is 6.58. The van der Waals surface area contributed by atoms with Gasteiger partial charge >= 0.3 is 0 Å². The van der Waals surface area contributed by atoms with E-state index in [1.807, 2.05) is 18.2 Å². The Bertz CT molecular complexity index is 1250. The number of hydrogen-bond acceptors (Lipinski definition) is 5. The van der Waals surface area contributed by atoms with Gasteiger partial charge in [0.2, 0.25) is 11.8 Å². The molecule has 2 aliphatic heterocycles. The Morgan fingerprint density at radius 2 is 1.76 bits per heavy atom. The Labute approximate surface area is 191 Å². The topological polar surface area (TPSA) is 94.6 Å². The first kappa shape index (κ1) is 20.9. The lowest BCUT2D eigenvalue weighted by Gasteiger charge is -2.36. The molecule has 8 heteroatoms. The third-order valence-corrected chi connectivity index (χ3v) is 6.30. The summed E-state index contributed by atoms with van der Waals surface area (Å²) in [5.74, 6) is 0.0237. The molecule has 3 amide bonds. The molecule has 1 unspecified atom stereocenters. The minimum absolute atomic E-state index is 0.0705. The van der Waals surface area contributed by atoms with Crippen LogP contribution in [0.2, 0.25) is 0 Å². The van der Waals surface area contributed by atoms with Gasteiger partial charge in [-0.15, -0.1) is 0 Å². The lowest BCUT2D eigenvalue weighted by Crippen LogP contribution is -2.51. The zero-order valence-corrected chi connectivity index (χ0v) is 18.4. The number of carbonyl (C=O) groups excluding carboxylic acids is 3. The molecular formula is C25H25N5O3. The first-order valence-corrected chi connectivity index (χ1v) is 11.1. The summed E-state index contributed by atoms with van der Waals surface area (Å²) in [6, 6.07) is 16.1. The van der Waals surface area contributed by atoms with Crippen molar-refractivity contribution in [1.82, 2.24) is 15.2 Å². The number of aromatic nitrogens is 1. The number of nitrogens with zero attached hydrogens (tertiary/aromatic N) is 3. The summed E-state index contributed by atoms with van der Waals surface area (Å²) < 4.78 is 0. The highest BCUT2D eigenvalue weighted by molar-refractivity contribution is 6.10. The maximum absolute atomic E-state index is 12.9. The smallest absolute Gasteiger partial charge is 0.254 e. The van der Waals surface area contributed by atoms with Crippen molar-refractivity contribution in [2.75, 3.05) is 36.4 Å². The number of hydrogen-bond donors (Lipinski definition) is 2. The van der Waals surface area contributed by atoms with Gasteiger partial charge in [0.05, 0.1) is 23.2 Å². The predicted molar refractivity (Wildman–Crippen MR) is 126 cm³/mol. The van der Waals surface area contributed by atoms with Crippen molar-refractivity contribution in [3.8, 4) is 0 Å². The van der Waals surface area contributed by atoms with Crippen molar-refractivity contribution in [3.63, 3.8) is 0 Å². The van der Waals surface area contributed by atoms with Gasteiger partial charge in [-0.25, -0.2) is 4.98 Å². The first-order chi connectivity index (χ1) is 16.0. The van der Waals surface area contributed by atoms with E-state index in [9.17, 15) is 14.4 Å². The molecule has 3 aromatic rings. The van der Waals surface area contributed by atoms with Gasteiger partial charge in [-0.3, -0.25) is 14.4 Å². The summed E-state index contributed by atoms with van der Waals surface area (Å²) in [4.78, 5) is 46.8. The molecule has 33 heavy (non-hydrogen) atoms. The number of rotatable bonds is 3. The maximum atomic E-state index is 12.9. The Morgan fingerprint density at radius 1 is 1.03 bits per heavy atom. The van der Waals surface area contributed by atoms with E-state index in [0.29, 0.717) is 37.4 Å². The van der Waals surface area contributed by atoms with Crippen LogP contribution in [0.25, 0.3) is 10.9 Å². The molecule has 1 atom stereocenters. The molecule has 5 rings (SSSR count). The second-order valence-corrected chi connectivity index (χ2v) is 8.45. The number of aryl methyl sites for hydroxylation is 1. The lowest BCUT2D eigenvalue weighted by molar-refractivity contribution is -0.134. The summed E-state index contributed by atoms with van der Waals surface area (Å²) in [5.41, 5.74) is 2.99. The lowest BCUT2D eigenvalue weighted by atomic mass is 10.1. The van der Waals surface area contributed by atoms with Crippen molar-refractivity contribution >= 4 is 40.1 Å². The summed E-state index contributed by atoms with van der Waals surface area (Å²) >= 11 is 0. The summed E-state index contributed by atoms with van der Waals surface area (Å²) in [7, 11) is 0. The fraction of sp³-hybridized carbons (Fsp3) is 0.280. The third kappa shape index (κ3) is 4.11. The molecule has 3 heterocycles. The monoisotopic (exact) mass is 443 g/mol. The van der Waals surface area contributed by atoms with Crippen LogP contribution in [0.3, 0.4) is 0 Å². The molecular weight excluding hydrogens is 418 g/mol. The van der Waals surface area contributed by atoms with E-state index < -0.39 is 6.04 Å². The van der Waals surface area contributed by atoms with Crippen LogP contribution in [0.4, 0.5) is 11.5 Å². The maximum Gasteiger partial charge on any atom is 0.254 e. The zero-order valence-electron chi connectivity index (χ0n) is 18.4. The van der Waals surface area contributed by atoms with Crippen LogP contribution in [0.15, 0.2) is 54.6 Å². The molecule has 0 spiro atoms. The Kier molecular flexibility index (Phi) is 5.42. The molecule has 1 fully saturated rings. The number of anilines is 2. The van der Waals surface area contributed by atoms with Crippen LogP contribution in [0.5, 0.6) is 0 Å². The van der Waals surface area contributed by atoms with Gasteiger partial charge in [0, 0.05) is 31.6 Å². The number of pyridine rings is 1. The average molecular weight is 444 g/mol. The molecule has 0 bridgehead atoms. The van der Waals surface area contributed by atoms with Gasteiger partial charge in [0.25, 0.3) is 5.91 Å². The predicted octanol–water partition coefficient (Wildman–Crippen LogP) is 2.33. The van der Waals surface area contributed by atoms with E-state index in [-0.39, 0.29) is 24.1 Å². The van der Waals surface area contributed by atoms with E-state index >= 15 is 0 Å². The van der Waals surface area contributed by atoms with E-state index in [0.717, 1.165) is 16.7 Å². The van der Waals surface area contributed by atoms with Gasteiger partial charge < -0.3 is 20.4 Å². The normalized spacial score (nSPS) is 18.4. The van der Waals surface area contributed by atoms with E-state index in [2.05, 4.69) is 34.6 Å². The van der Waals surface area contributed by atoms with Crippen molar-refractivity contribution < 1.29 is 14.4 Å². The Balaban J connectivity index is 1.22. The van der Waals surface area contributed by atoms with Crippen LogP contribution in [-0.4, -0.2) is 59.8 Å². The molecule has 2 N–H and O–H groups in total. The van der Waals surface area contributed by atoms with Crippen LogP contribution in [0, 0.1) is 6.92 Å². The highest BCUT2D eigenvalue weighted by Gasteiger charge is 2.32. The van der Waals surface area contributed by atoms with Gasteiger partial charge in [0.15, 0.2) is 0 Å². The fourth-order valence-corrected chi connectivity index (χ4v) is 4.44. The van der Waals surface area contributed by atoms with E-state index in [4.69, 9.17) is 4.98 Å². The molecule has 0 aliphatic carbocycles. The van der Waals surface area contributed by atoms with E-state index in [1.165, 1.54) is 5.56 Å². The molecule has 1 saturated heterocycles. The van der Waals surface area contributed by atoms with Crippen LogP contribution < -0.4 is 15.5 Å². The average Bonchev–Trinajstić information content (AvgIpc) is 2.95. The van der Waals surface area contributed by atoms with Gasteiger partial charge in [-0.05, 0) is 36.8 Å². The molecule has 1 aromatic heterocycles. The molecule has 0 saturated carbocycles. The van der Waals surface area contributed by atoms with Crippen LogP contribution in [-0.2, 0) is 9.59 Å². The summed E-state index contributed by atoms with van der Waals surface area (Å²) in [6.07, 6.45) is -0.0705. The van der Waals surface area contributed by atoms with Crippen LogP contribution in [0.1, 0.15) is 22.3 Å². The molecule has 2 aliphatic rings. The Hall–Kier alpha value is -3.94. The number of nitrogens with one attached hydrogen (secondary N) is 2. The molecule has 2 aromatic carbocycles. The second kappa shape index (κ2) is 8.54. The minimum atomic E-state index is -0.903. The number of para-hydroxylation sites is 2. The second-order valence-electron chi connectivity index (χ2n) is 8.45. The number of benzene rings is 2. The standard InChI is InChI=1S/C25H25N5O3/c1-16-14-22(26-19-8-4-2-6-17(16)19)29-10-12-30(13-11-29)23(31)15-21-25(33)27-20-9-5-3-7-18(20)24(32)28-21/h2-9,14,21H,10-13,15H2,1H3,(H,27,33)(H,28,32). The fourth-order valence-electron chi connectivity index (χ4n) is 4.44. The number of amides is 3. The van der Waals surface area contributed by atoms with Crippen molar-refractivity contribution in [1.29, 1.82) is 0 Å². The largest absolute Gasteiger partial charge is 0.353 e. The quantitative estimate of drug-likeness (QED) is 0.648. The van der Waals surface area contributed by atoms with Crippen LogP contribution >= 0.6 is 0 Å². The van der Waals surface area contributed by atoms with Gasteiger partial charge in [-0.1, -0.05) is 30.3 Å². The minimum Gasteiger partial charge on any atom is -0.353 e. The van der Waals surface area contributed by atoms with Gasteiger partial charge in [-0.2, -0.15) is 0 Å². The van der Waals surface area contributed by atoms with Crippen molar-refractivity contribution in [2.24, 2.45) is 0 Å². The number of fused-ring (bicyclic) bond motifs is 2. The summed E-state index contributed by atoms with van der Waals surface area (Å²) in [6.45, 7) is 4.47. The zero-order chi connectivity index (χ0) is 22.9. The van der Waals surface area contributed by atoms with Crippen molar-refractivity contribution in [2.45, 2.75) is 19.4 Å². The molecule has 168 valence electrons. The molecule has 0 radical (unpaired) electrons. The molecule has 8 nitrogen and oxygen atoms in total. The first-order valence-electron chi connectivity index (χ1n) is 11.1. The number of carbonyl (C=O) groups is 3. The third-order valence-electron chi connectivity index (χ3n) is 6.30. The number of piperazine rings is 1.